The van der Waals surface area contributed by atoms with E-state index in [0.717, 1.165) is 17.0 Å². The predicted octanol–water partition coefficient (Wildman–Crippen LogP) is 0.781. The van der Waals surface area contributed by atoms with Gasteiger partial charge < -0.3 is 4.74 Å². The summed E-state index contributed by atoms with van der Waals surface area (Å²) >= 11 is 1.09. The molecule has 0 fully saturated rings. The van der Waals surface area contributed by atoms with Gasteiger partial charge in [0.05, 0.1) is 6.61 Å². The zero-order valence-electron chi connectivity index (χ0n) is 7.57. The number of thiazole rings is 1. The van der Waals surface area contributed by atoms with Crippen LogP contribution in [-0.2, 0) is 16.1 Å². The lowest BCUT2D eigenvalue weighted by atomic mass is 10.5. The van der Waals surface area contributed by atoms with Gasteiger partial charge in [-0.3, -0.25) is 14.2 Å². The zero-order valence-corrected chi connectivity index (χ0v) is 8.39. The summed E-state index contributed by atoms with van der Waals surface area (Å²) in [6.45, 7) is 3.89. The molecular formula is C8H11NO3S. The van der Waals surface area contributed by atoms with Gasteiger partial charge >= 0.3 is 10.8 Å². The summed E-state index contributed by atoms with van der Waals surface area (Å²) in [5.74, 6) is -0.369. The number of aromatic nitrogens is 1. The van der Waals surface area contributed by atoms with Crippen molar-refractivity contribution in [2.75, 3.05) is 6.61 Å². The molecule has 0 aromatic carbocycles. The van der Waals surface area contributed by atoms with Gasteiger partial charge in [0.2, 0.25) is 0 Å². The highest BCUT2D eigenvalue weighted by Gasteiger charge is 2.08. The summed E-state index contributed by atoms with van der Waals surface area (Å²) in [5.41, 5.74) is 0.794. The average Bonchev–Trinajstić information content (AvgIpc) is 2.36. The Balaban J connectivity index is 2.74. The number of ether oxygens (including phenoxy) is 1. The summed E-state index contributed by atoms with van der Waals surface area (Å²) < 4.78 is 6.14. The second kappa shape index (κ2) is 4.23. The average molecular weight is 201 g/mol. The van der Waals surface area contributed by atoms with Crippen LogP contribution in [0.4, 0.5) is 0 Å². The minimum Gasteiger partial charge on any atom is -0.465 e. The Hall–Kier alpha value is -1.10. The minimum absolute atomic E-state index is 0.0159. The van der Waals surface area contributed by atoms with E-state index < -0.39 is 0 Å². The van der Waals surface area contributed by atoms with Crippen LogP contribution in [0, 0.1) is 6.92 Å². The van der Waals surface area contributed by atoms with Crippen molar-refractivity contribution in [2.24, 2.45) is 0 Å². The van der Waals surface area contributed by atoms with Gasteiger partial charge in [0.15, 0.2) is 0 Å². The van der Waals surface area contributed by atoms with E-state index >= 15 is 0 Å². The standard InChI is InChI=1S/C8H11NO3S/c1-3-12-7(10)4-9-6(2)5-13-8(9)11/h5H,3-4H2,1-2H3. The second-order valence-corrected chi connectivity index (χ2v) is 3.35. The molecule has 0 saturated heterocycles. The molecule has 13 heavy (non-hydrogen) atoms. The number of hydrogen-bond acceptors (Lipinski definition) is 4. The van der Waals surface area contributed by atoms with Gasteiger partial charge in [-0.2, -0.15) is 0 Å². The first-order valence-corrected chi connectivity index (χ1v) is 4.83. The Morgan fingerprint density at radius 3 is 2.85 bits per heavy atom. The molecule has 0 unspecified atom stereocenters. The molecular weight excluding hydrogens is 190 g/mol. The Bertz CT molecular complexity index is 353. The number of hydrogen-bond donors (Lipinski definition) is 0. The molecule has 0 aliphatic heterocycles. The predicted molar refractivity (Wildman–Crippen MR) is 49.9 cm³/mol. The van der Waals surface area contributed by atoms with Gasteiger partial charge in [0.25, 0.3) is 0 Å². The lowest BCUT2D eigenvalue weighted by molar-refractivity contribution is -0.143. The van der Waals surface area contributed by atoms with Gasteiger partial charge in [-0.15, -0.1) is 0 Å². The molecule has 72 valence electrons. The van der Waals surface area contributed by atoms with E-state index in [0.29, 0.717) is 6.61 Å². The summed E-state index contributed by atoms with van der Waals surface area (Å²) in [6, 6.07) is 0. The van der Waals surface area contributed by atoms with E-state index in [-0.39, 0.29) is 17.4 Å². The third kappa shape index (κ3) is 2.42. The van der Waals surface area contributed by atoms with E-state index in [1.54, 1.807) is 19.2 Å². The molecule has 1 rings (SSSR count). The van der Waals surface area contributed by atoms with Crippen molar-refractivity contribution in [3.8, 4) is 0 Å². The highest BCUT2D eigenvalue weighted by molar-refractivity contribution is 7.07. The molecule has 1 aromatic rings. The zero-order chi connectivity index (χ0) is 9.84. The second-order valence-electron chi connectivity index (χ2n) is 2.53. The third-order valence-corrected chi connectivity index (χ3v) is 2.45. The van der Waals surface area contributed by atoms with E-state index in [1.807, 2.05) is 0 Å². The fourth-order valence-electron chi connectivity index (χ4n) is 0.932. The highest BCUT2D eigenvalue weighted by atomic mass is 32.1. The molecule has 0 amide bonds. The van der Waals surface area contributed by atoms with Crippen molar-refractivity contribution < 1.29 is 9.53 Å². The normalized spacial score (nSPS) is 10.0. The Morgan fingerprint density at radius 2 is 2.38 bits per heavy atom. The maximum atomic E-state index is 11.2. The van der Waals surface area contributed by atoms with Gasteiger partial charge in [-0.05, 0) is 13.8 Å². The maximum Gasteiger partial charge on any atom is 0.326 e. The van der Waals surface area contributed by atoms with E-state index in [2.05, 4.69) is 0 Å². The van der Waals surface area contributed by atoms with Crippen LogP contribution < -0.4 is 4.87 Å². The van der Waals surface area contributed by atoms with Crippen LogP contribution in [-0.4, -0.2) is 17.1 Å². The molecule has 0 aliphatic carbocycles. The molecule has 0 radical (unpaired) electrons. The summed E-state index contributed by atoms with van der Waals surface area (Å²) in [6.07, 6.45) is 0. The van der Waals surface area contributed by atoms with E-state index in [1.165, 1.54) is 4.57 Å². The smallest absolute Gasteiger partial charge is 0.326 e. The summed E-state index contributed by atoms with van der Waals surface area (Å²) in [7, 11) is 0. The molecule has 5 heteroatoms. The van der Waals surface area contributed by atoms with E-state index in [4.69, 9.17) is 4.74 Å². The maximum absolute atomic E-state index is 11.2. The quantitative estimate of drug-likeness (QED) is 0.679. The number of esters is 1. The Labute approximate surface area is 79.8 Å². The lowest BCUT2D eigenvalue weighted by Gasteiger charge is -2.03. The lowest BCUT2D eigenvalue weighted by Crippen LogP contribution is -2.21. The van der Waals surface area contributed by atoms with Crippen molar-refractivity contribution in [3.63, 3.8) is 0 Å². The van der Waals surface area contributed by atoms with E-state index in [9.17, 15) is 9.59 Å². The summed E-state index contributed by atoms with van der Waals surface area (Å²) in [5, 5.41) is 1.72. The molecule has 4 nitrogen and oxygen atoms in total. The number of carbonyl (C=O) groups is 1. The molecule has 0 saturated carbocycles. The molecule has 0 atom stereocenters. The highest BCUT2D eigenvalue weighted by Crippen LogP contribution is 1.99. The Kier molecular flexibility index (Phi) is 3.25. The van der Waals surface area contributed by atoms with Crippen LogP contribution in [0.1, 0.15) is 12.6 Å². The first kappa shape index (κ1) is 9.98. The van der Waals surface area contributed by atoms with Crippen molar-refractivity contribution >= 4 is 17.3 Å². The first-order chi connectivity index (χ1) is 6.15. The molecule has 1 aromatic heterocycles. The molecule has 0 aliphatic rings. The van der Waals surface area contributed by atoms with Crippen molar-refractivity contribution in [3.05, 3.63) is 20.7 Å². The SMILES string of the molecule is CCOC(=O)Cn1c(C)csc1=O. The van der Waals surface area contributed by atoms with Gasteiger partial charge in [-0.1, -0.05) is 11.3 Å². The monoisotopic (exact) mass is 201 g/mol. The molecule has 0 bridgehead atoms. The number of carbonyl (C=O) groups excluding carboxylic acids is 1. The summed E-state index contributed by atoms with van der Waals surface area (Å²) in [4.78, 5) is 22.1. The fourth-order valence-corrected chi connectivity index (χ4v) is 1.67. The van der Waals surface area contributed by atoms with Gasteiger partial charge in [-0.25, -0.2) is 0 Å². The van der Waals surface area contributed by atoms with Crippen LogP contribution in [0.3, 0.4) is 0 Å². The van der Waals surface area contributed by atoms with Gasteiger partial charge in [0.1, 0.15) is 6.54 Å². The van der Waals surface area contributed by atoms with Crippen LogP contribution in [0.15, 0.2) is 10.2 Å². The molecule has 1 heterocycles. The van der Waals surface area contributed by atoms with Crippen LogP contribution >= 0.6 is 11.3 Å². The van der Waals surface area contributed by atoms with Crippen LogP contribution in [0.2, 0.25) is 0 Å². The third-order valence-electron chi connectivity index (χ3n) is 1.57. The number of rotatable bonds is 3. The molecule has 0 N–H and O–H groups in total. The Morgan fingerprint density at radius 1 is 1.69 bits per heavy atom. The fraction of sp³-hybridized carbons (Fsp3) is 0.500. The molecule has 0 spiro atoms. The van der Waals surface area contributed by atoms with Crippen molar-refractivity contribution in [1.82, 2.24) is 4.57 Å². The number of nitrogens with zero attached hydrogens (tertiary/aromatic N) is 1. The minimum atomic E-state index is -0.369. The number of aryl methyl sites for hydroxylation is 1. The first-order valence-electron chi connectivity index (χ1n) is 3.95. The topological polar surface area (TPSA) is 48.3 Å². The van der Waals surface area contributed by atoms with Gasteiger partial charge in [0, 0.05) is 11.1 Å². The van der Waals surface area contributed by atoms with Crippen LogP contribution in [0.25, 0.3) is 0 Å². The van der Waals surface area contributed by atoms with Crippen molar-refractivity contribution in [2.45, 2.75) is 20.4 Å². The van der Waals surface area contributed by atoms with Crippen LogP contribution in [0.5, 0.6) is 0 Å². The van der Waals surface area contributed by atoms with Crippen molar-refractivity contribution in [1.29, 1.82) is 0 Å². The largest absolute Gasteiger partial charge is 0.465 e.